The van der Waals surface area contributed by atoms with Gasteiger partial charge in [-0.1, -0.05) is 78.9 Å². The van der Waals surface area contributed by atoms with Gasteiger partial charge in [0.25, 0.3) is 5.91 Å². The number of rotatable bonds is 8. The van der Waals surface area contributed by atoms with E-state index >= 15 is 0 Å². The summed E-state index contributed by atoms with van der Waals surface area (Å²) in [6.45, 7) is 6.06. The summed E-state index contributed by atoms with van der Waals surface area (Å²) in [6, 6.07) is 30.5. The van der Waals surface area contributed by atoms with Crippen molar-refractivity contribution in [1.29, 1.82) is 0 Å². The highest BCUT2D eigenvalue weighted by atomic mass is 32.2. The van der Waals surface area contributed by atoms with Crippen molar-refractivity contribution in [3.63, 3.8) is 0 Å². The number of amides is 1. The lowest BCUT2D eigenvalue weighted by atomic mass is 9.94. The first-order chi connectivity index (χ1) is 17.6. The first kappa shape index (κ1) is 26.2. The fourth-order valence-corrected chi connectivity index (χ4v) is 5.35. The summed E-state index contributed by atoms with van der Waals surface area (Å²) in [7, 11) is -3.51. The van der Waals surface area contributed by atoms with Crippen molar-refractivity contribution in [3.05, 3.63) is 136 Å². The molecule has 4 aromatic rings. The van der Waals surface area contributed by atoms with Crippen LogP contribution in [0.25, 0.3) is 0 Å². The Hall–Kier alpha value is -3.90. The molecule has 0 aliphatic heterocycles. The number of nitrogens with zero attached hydrogens (tertiary/aromatic N) is 1. The third-order valence-electron chi connectivity index (χ3n) is 6.48. The van der Waals surface area contributed by atoms with E-state index in [4.69, 9.17) is 0 Å². The highest BCUT2D eigenvalue weighted by Crippen LogP contribution is 2.27. The molecule has 37 heavy (non-hydrogen) atoms. The molecule has 5 nitrogen and oxygen atoms in total. The molecule has 190 valence electrons. The van der Waals surface area contributed by atoms with E-state index in [0.29, 0.717) is 11.3 Å². The van der Waals surface area contributed by atoms with Gasteiger partial charge in [-0.15, -0.1) is 0 Å². The Kier molecular flexibility index (Phi) is 7.79. The number of hydrogen-bond donors (Lipinski definition) is 1. The van der Waals surface area contributed by atoms with Gasteiger partial charge in [-0.2, -0.15) is 0 Å². The van der Waals surface area contributed by atoms with Crippen molar-refractivity contribution < 1.29 is 13.2 Å². The molecular weight excluding hydrogens is 480 g/mol. The molecule has 0 saturated heterocycles. The summed E-state index contributed by atoms with van der Waals surface area (Å²) in [5.74, 6) is -0.196. The van der Waals surface area contributed by atoms with E-state index in [-0.39, 0.29) is 18.5 Å². The Morgan fingerprint density at radius 1 is 0.811 bits per heavy atom. The minimum atomic E-state index is -3.51. The van der Waals surface area contributed by atoms with Gasteiger partial charge >= 0.3 is 0 Å². The van der Waals surface area contributed by atoms with Gasteiger partial charge < -0.3 is 5.32 Å². The van der Waals surface area contributed by atoms with E-state index in [1.807, 2.05) is 106 Å². The molecule has 1 amide bonds. The first-order valence-corrected chi connectivity index (χ1v) is 14.0. The maximum absolute atomic E-state index is 13.3. The van der Waals surface area contributed by atoms with Crippen LogP contribution in [0.1, 0.15) is 49.8 Å². The molecular formula is C31H32N2O3S. The predicted molar refractivity (Wildman–Crippen MR) is 150 cm³/mol. The molecule has 0 fully saturated rings. The molecule has 0 aliphatic carbocycles. The third-order valence-corrected chi connectivity index (χ3v) is 7.61. The molecule has 0 spiro atoms. The van der Waals surface area contributed by atoms with Gasteiger partial charge in [0.2, 0.25) is 10.0 Å². The lowest BCUT2D eigenvalue weighted by Crippen LogP contribution is -2.30. The fourth-order valence-electron chi connectivity index (χ4n) is 4.41. The Balaban J connectivity index is 1.58. The van der Waals surface area contributed by atoms with Gasteiger partial charge in [-0.3, -0.25) is 9.10 Å². The van der Waals surface area contributed by atoms with Crippen molar-refractivity contribution in [2.45, 2.75) is 33.4 Å². The standard InChI is InChI=1S/C31H32N2O3S/c1-22-14-15-24(3)29(20-22)33(37(4,35)36)21-25-16-18-27(19-17-25)31(34)32-30(26-11-6-5-7-12-26)28-13-9-8-10-23(28)2/h5-20,30H,21H2,1-4H3,(H,32,34)/t30-/m1/s1. The van der Waals surface area contributed by atoms with Crippen LogP contribution in [0.5, 0.6) is 0 Å². The molecule has 0 bridgehead atoms. The number of benzene rings is 4. The highest BCUT2D eigenvalue weighted by molar-refractivity contribution is 7.92. The van der Waals surface area contributed by atoms with Crippen LogP contribution in [-0.2, 0) is 16.6 Å². The summed E-state index contributed by atoms with van der Waals surface area (Å²) in [4.78, 5) is 13.3. The van der Waals surface area contributed by atoms with Crippen LogP contribution in [0, 0.1) is 20.8 Å². The fraction of sp³-hybridized carbons (Fsp3) is 0.194. The number of carbonyl (C=O) groups excluding carboxylic acids is 1. The molecule has 6 heteroatoms. The van der Waals surface area contributed by atoms with E-state index in [1.165, 1.54) is 10.6 Å². The molecule has 0 aliphatic rings. The average molecular weight is 513 g/mol. The van der Waals surface area contributed by atoms with Crippen LogP contribution in [-0.4, -0.2) is 20.6 Å². The van der Waals surface area contributed by atoms with Gasteiger partial charge in [-0.05, 0) is 72.4 Å². The van der Waals surface area contributed by atoms with Crippen LogP contribution in [0.15, 0.2) is 97.1 Å². The normalized spacial score (nSPS) is 12.1. The predicted octanol–water partition coefficient (Wildman–Crippen LogP) is 6.10. The number of carbonyl (C=O) groups is 1. The van der Waals surface area contributed by atoms with Gasteiger partial charge in [0, 0.05) is 5.56 Å². The Morgan fingerprint density at radius 2 is 1.46 bits per heavy atom. The topological polar surface area (TPSA) is 66.5 Å². The first-order valence-electron chi connectivity index (χ1n) is 12.2. The maximum atomic E-state index is 13.3. The monoisotopic (exact) mass is 512 g/mol. The van der Waals surface area contributed by atoms with Crippen LogP contribution in [0.3, 0.4) is 0 Å². The molecule has 4 rings (SSSR count). The van der Waals surface area contributed by atoms with Crippen LogP contribution in [0.2, 0.25) is 0 Å². The van der Waals surface area contributed by atoms with Gasteiger partial charge in [0.1, 0.15) is 0 Å². The molecule has 0 radical (unpaired) electrons. The lowest BCUT2D eigenvalue weighted by Gasteiger charge is -2.25. The van der Waals surface area contributed by atoms with E-state index in [2.05, 4.69) is 5.32 Å². The van der Waals surface area contributed by atoms with Crippen molar-refractivity contribution in [1.82, 2.24) is 5.32 Å². The summed E-state index contributed by atoms with van der Waals surface area (Å²) >= 11 is 0. The van der Waals surface area contributed by atoms with Gasteiger partial charge in [0.15, 0.2) is 0 Å². The molecule has 1 atom stereocenters. The van der Waals surface area contributed by atoms with Crippen LogP contribution in [0.4, 0.5) is 5.69 Å². The Labute approximate surface area is 219 Å². The lowest BCUT2D eigenvalue weighted by molar-refractivity contribution is 0.0943. The SMILES string of the molecule is Cc1ccc(C)c(N(Cc2ccc(C(=O)N[C@H](c3ccccc3)c3ccccc3C)cc2)S(C)(=O)=O)c1. The van der Waals surface area contributed by atoms with Crippen molar-refractivity contribution in [2.75, 3.05) is 10.6 Å². The zero-order valence-electron chi connectivity index (χ0n) is 21.6. The molecule has 1 N–H and O–H groups in total. The molecule has 0 unspecified atom stereocenters. The van der Waals surface area contributed by atoms with E-state index < -0.39 is 10.0 Å². The number of hydrogen-bond acceptors (Lipinski definition) is 3. The molecule has 0 saturated carbocycles. The zero-order chi connectivity index (χ0) is 26.6. The van der Waals surface area contributed by atoms with Crippen molar-refractivity contribution in [2.24, 2.45) is 0 Å². The molecule has 0 aromatic heterocycles. The minimum absolute atomic E-state index is 0.181. The number of nitrogens with one attached hydrogen (secondary N) is 1. The summed E-state index contributed by atoms with van der Waals surface area (Å²) < 4.78 is 26.7. The van der Waals surface area contributed by atoms with Crippen LogP contribution < -0.4 is 9.62 Å². The second kappa shape index (κ2) is 11.0. The second-order valence-electron chi connectivity index (χ2n) is 9.43. The number of sulfonamides is 1. The number of aryl methyl sites for hydroxylation is 3. The maximum Gasteiger partial charge on any atom is 0.252 e. The smallest absolute Gasteiger partial charge is 0.252 e. The zero-order valence-corrected chi connectivity index (χ0v) is 22.4. The van der Waals surface area contributed by atoms with Crippen molar-refractivity contribution in [3.8, 4) is 0 Å². The van der Waals surface area contributed by atoms with Crippen molar-refractivity contribution >= 4 is 21.6 Å². The largest absolute Gasteiger partial charge is 0.341 e. The van der Waals surface area contributed by atoms with E-state index in [0.717, 1.165) is 33.4 Å². The average Bonchev–Trinajstić information content (AvgIpc) is 2.88. The Bertz CT molecular complexity index is 1500. The highest BCUT2D eigenvalue weighted by Gasteiger charge is 2.21. The third kappa shape index (κ3) is 6.27. The molecule has 4 aromatic carbocycles. The Morgan fingerprint density at radius 3 is 2.11 bits per heavy atom. The summed E-state index contributed by atoms with van der Waals surface area (Å²) in [6.07, 6.45) is 1.21. The minimum Gasteiger partial charge on any atom is -0.341 e. The van der Waals surface area contributed by atoms with Gasteiger partial charge in [0.05, 0.1) is 24.5 Å². The van der Waals surface area contributed by atoms with Crippen LogP contribution >= 0.6 is 0 Å². The summed E-state index contributed by atoms with van der Waals surface area (Å²) in [5.41, 5.74) is 6.97. The summed E-state index contributed by atoms with van der Waals surface area (Å²) in [5, 5.41) is 3.19. The van der Waals surface area contributed by atoms with E-state index in [1.54, 1.807) is 12.1 Å². The quantitative estimate of drug-likeness (QED) is 0.310. The van der Waals surface area contributed by atoms with Gasteiger partial charge in [-0.25, -0.2) is 8.42 Å². The number of anilines is 1. The van der Waals surface area contributed by atoms with E-state index in [9.17, 15) is 13.2 Å². The second-order valence-corrected chi connectivity index (χ2v) is 11.3. The molecule has 0 heterocycles.